The smallest absolute Gasteiger partial charge is 0.416 e. The topological polar surface area (TPSA) is 47.6 Å². The highest BCUT2D eigenvalue weighted by Crippen LogP contribution is 2.29. The van der Waals surface area contributed by atoms with Crippen molar-refractivity contribution in [3.05, 3.63) is 65.2 Å². The van der Waals surface area contributed by atoms with Gasteiger partial charge in [0, 0.05) is 13.0 Å². The summed E-state index contributed by atoms with van der Waals surface area (Å²) in [6, 6.07) is 12.5. The number of alkyl halides is 3. The van der Waals surface area contributed by atoms with Crippen LogP contribution in [0.3, 0.4) is 0 Å². The number of alkyl carbamates (subject to hydrolysis) is 1. The molecule has 0 spiro atoms. The van der Waals surface area contributed by atoms with Crippen molar-refractivity contribution in [1.29, 1.82) is 0 Å². The van der Waals surface area contributed by atoms with Gasteiger partial charge >= 0.3 is 12.3 Å². The summed E-state index contributed by atoms with van der Waals surface area (Å²) in [6.45, 7) is 0.280. The lowest BCUT2D eigenvalue weighted by atomic mass is 9.96. The number of benzene rings is 2. The summed E-state index contributed by atoms with van der Waals surface area (Å²) in [6.07, 6.45) is -1.17. The fraction of sp³-hybridized carbons (Fsp3) is 0.381. The average molecular weight is 393 g/mol. The number of amides is 1. The number of nitrogens with one attached hydrogen (secondary N) is 1. The Hall–Kier alpha value is -2.70. The third-order valence-corrected chi connectivity index (χ3v) is 4.57. The van der Waals surface area contributed by atoms with E-state index in [1.165, 1.54) is 12.5 Å². The van der Waals surface area contributed by atoms with Crippen LogP contribution in [0.1, 0.15) is 36.0 Å². The predicted octanol–water partition coefficient (Wildman–Crippen LogP) is 5.11. The third kappa shape index (κ3) is 5.90. The molecule has 1 N–H and O–H groups in total. The molecule has 0 saturated heterocycles. The van der Waals surface area contributed by atoms with Crippen molar-refractivity contribution in [3.63, 3.8) is 0 Å². The van der Waals surface area contributed by atoms with Crippen molar-refractivity contribution in [3.8, 4) is 5.75 Å². The summed E-state index contributed by atoms with van der Waals surface area (Å²) in [7, 11) is 0. The Morgan fingerprint density at radius 3 is 2.54 bits per heavy atom. The zero-order valence-corrected chi connectivity index (χ0v) is 15.3. The Bertz CT molecular complexity index is 803. The Balaban J connectivity index is 1.41. The fourth-order valence-corrected chi connectivity index (χ4v) is 2.80. The van der Waals surface area contributed by atoms with Gasteiger partial charge in [0.25, 0.3) is 0 Å². The lowest BCUT2D eigenvalue weighted by molar-refractivity contribution is -0.137. The second-order valence-corrected chi connectivity index (χ2v) is 6.76. The summed E-state index contributed by atoms with van der Waals surface area (Å²) in [5, 5.41) is 2.63. The van der Waals surface area contributed by atoms with Gasteiger partial charge in [-0.2, -0.15) is 13.2 Å². The molecule has 0 unspecified atom stereocenters. The SMILES string of the molecule is O=C(NCc1cccc(OC2CCC2)c1)OCCc1cccc(C(F)(F)F)c1. The minimum absolute atomic E-state index is 0.00201. The number of rotatable bonds is 7. The standard InChI is InChI=1S/C21H22F3NO3/c22-21(23,24)17-6-1-4-15(12-17)10-11-27-20(26)25-14-16-5-2-9-19(13-16)28-18-7-3-8-18/h1-2,4-6,9,12-13,18H,3,7-8,10-11,14H2,(H,25,26). The van der Waals surface area contributed by atoms with Gasteiger partial charge in [-0.1, -0.05) is 30.3 Å². The van der Waals surface area contributed by atoms with E-state index in [0.29, 0.717) is 5.56 Å². The van der Waals surface area contributed by atoms with Crippen molar-refractivity contribution in [2.24, 2.45) is 0 Å². The van der Waals surface area contributed by atoms with Gasteiger partial charge in [-0.25, -0.2) is 4.79 Å². The van der Waals surface area contributed by atoms with Crippen molar-refractivity contribution in [2.75, 3.05) is 6.61 Å². The number of hydrogen-bond donors (Lipinski definition) is 1. The van der Waals surface area contributed by atoms with Gasteiger partial charge < -0.3 is 14.8 Å². The van der Waals surface area contributed by atoms with E-state index in [9.17, 15) is 18.0 Å². The Morgan fingerprint density at radius 2 is 1.82 bits per heavy atom. The summed E-state index contributed by atoms with van der Waals surface area (Å²) >= 11 is 0. The van der Waals surface area contributed by atoms with Crippen LogP contribution in [0.2, 0.25) is 0 Å². The summed E-state index contributed by atoms with van der Waals surface area (Å²) in [4.78, 5) is 11.8. The quantitative estimate of drug-likeness (QED) is 0.712. The summed E-state index contributed by atoms with van der Waals surface area (Å²) in [5.41, 5.74) is 0.633. The molecule has 4 nitrogen and oxygen atoms in total. The highest BCUT2D eigenvalue weighted by atomic mass is 19.4. The number of ether oxygens (including phenoxy) is 2. The summed E-state index contributed by atoms with van der Waals surface area (Å²) < 4.78 is 49.0. The molecule has 2 aromatic carbocycles. The molecular formula is C21H22F3NO3. The molecule has 0 aromatic heterocycles. The lowest BCUT2D eigenvalue weighted by Gasteiger charge is -2.26. The van der Waals surface area contributed by atoms with Crippen LogP contribution in [0.5, 0.6) is 5.75 Å². The average Bonchev–Trinajstić information content (AvgIpc) is 2.63. The van der Waals surface area contributed by atoms with Crippen LogP contribution in [0.4, 0.5) is 18.0 Å². The Morgan fingerprint density at radius 1 is 1.07 bits per heavy atom. The second kappa shape index (κ2) is 8.99. The molecule has 3 rings (SSSR count). The molecule has 28 heavy (non-hydrogen) atoms. The molecule has 1 fully saturated rings. The fourth-order valence-electron chi connectivity index (χ4n) is 2.80. The molecule has 2 aromatic rings. The number of hydrogen-bond acceptors (Lipinski definition) is 3. The van der Waals surface area contributed by atoms with Gasteiger partial charge in [0.05, 0.1) is 18.3 Å². The van der Waals surface area contributed by atoms with E-state index < -0.39 is 17.8 Å². The highest BCUT2D eigenvalue weighted by Gasteiger charge is 2.30. The van der Waals surface area contributed by atoms with Crippen LogP contribution in [-0.2, 0) is 23.9 Å². The van der Waals surface area contributed by atoms with Gasteiger partial charge in [-0.3, -0.25) is 0 Å². The van der Waals surface area contributed by atoms with E-state index in [1.54, 1.807) is 6.07 Å². The van der Waals surface area contributed by atoms with Crippen LogP contribution in [0.25, 0.3) is 0 Å². The van der Waals surface area contributed by atoms with Crippen LogP contribution in [0.15, 0.2) is 48.5 Å². The zero-order valence-electron chi connectivity index (χ0n) is 15.3. The van der Waals surface area contributed by atoms with E-state index in [2.05, 4.69) is 5.32 Å². The predicted molar refractivity (Wildman–Crippen MR) is 98.0 cm³/mol. The first kappa shape index (κ1) is 20.0. The van der Waals surface area contributed by atoms with Crippen molar-refractivity contribution in [1.82, 2.24) is 5.32 Å². The minimum atomic E-state index is -4.38. The molecule has 1 aliphatic rings. The molecule has 0 heterocycles. The first-order valence-corrected chi connectivity index (χ1v) is 9.22. The van der Waals surface area contributed by atoms with E-state index in [4.69, 9.17) is 9.47 Å². The Kier molecular flexibility index (Phi) is 6.44. The maximum atomic E-state index is 12.7. The maximum absolute atomic E-state index is 12.7. The number of carbonyl (C=O) groups is 1. The Labute approximate surface area is 161 Å². The molecular weight excluding hydrogens is 371 g/mol. The molecule has 1 saturated carbocycles. The van der Waals surface area contributed by atoms with E-state index in [1.807, 2.05) is 24.3 Å². The van der Waals surface area contributed by atoms with Gasteiger partial charge in [0.1, 0.15) is 5.75 Å². The first-order chi connectivity index (χ1) is 13.4. The molecule has 1 aliphatic carbocycles. The van der Waals surface area contributed by atoms with Crippen molar-refractivity contribution >= 4 is 6.09 Å². The highest BCUT2D eigenvalue weighted by molar-refractivity contribution is 5.67. The van der Waals surface area contributed by atoms with E-state index in [0.717, 1.165) is 36.3 Å². The number of carbonyl (C=O) groups excluding carboxylic acids is 1. The molecule has 1 amide bonds. The van der Waals surface area contributed by atoms with Gasteiger partial charge in [-0.15, -0.1) is 0 Å². The molecule has 0 atom stereocenters. The normalized spacial score (nSPS) is 14.2. The van der Waals surface area contributed by atoms with Gasteiger partial charge in [-0.05, 0) is 48.6 Å². The van der Waals surface area contributed by atoms with E-state index >= 15 is 0 Å². The van der Waals surface area contributed by atoms with Gasteiger partial charge in [0.2, 0.25) is 0 Å². The van der Waals surface area contributed by atoms with Crippen molar-refractivity contribution in [2.45, 2.75) is 44.5 Å². The summed E-state index contributed by atoms with van der Waals surface area (Å²) in [5.74, 6) is 0.780. The van der Waals surface area contributed by atoms with Crippen LogP contribution < -0.4 is 10.1 Å². The molecule has 0 aliphatic heterocycles. The van der Waals surface area contributed by atoms with Crippen molar-refractivity contribution < 1.29 is 27.4 Å². The maximum Gasteiger partial charge on any atom is 0.416 e. The molecule has 0 radical (unpaired) electrons. The second-order valence-electron chi connectivity index (χ2n) is 6.76. The zero-order chi connectivity index (χ0) is 20.0. The minimum Gasteiger partial charge on any atom is -0.490 e. The van der Waals surface area contributed by atoms with E-state index in [-0.39, 0.29) is 25.7 Å². The van der Waals surface area contributed by atoms with Gasteiger partial charge in [0.15, 0.2) is 0 Å². The third-order valence-electron chi connectivity index (χ3n) is 4.57. The molecule has 0 bridgehead atoms. The monoisotopic (exact) mass is 393 g/mol. The first-order valence-electron chi connectivity index (χ1n) is 9.22. The molecule has 7 heteroatoms. The molecule has 150 valence electrons. The van der Waals surface area contributed by atoms with Crippen LogP contribution in [0, 0.1) is 0 Å². The largest absolute Gasteiger partial charge is 0.490 e. The van der Waals surface area contributed by atoms with Crippen LogP contribution >= 0.6 is 0 Å². The lowest BCUT2D eigenvalue weighted by Crippen LogP contribution is -2.25. The number of halogens is 3. The van der Waals surface area contributed by atoms with Crippen LogP contribution in [-0.4, -0.2) is 18.8 Å².